The Morgan fingerprint density at radius 1 is 1.32 bits per heavy atom. The molecule has 1 N–H and O–H groups in total. The number of halogens is 2. The van der Waals surface area contributed by atoms with Gasteiger partial charge in [0.15, 0.2) is 0 Å². The van der Waals surface area contributed by atoms with Gasteiger partial charge in [-0.2, -0.15) is 0 Å². The second-order valence-corrected chi connectivity index (χ2v) is 8.24. The number of hydrogen-bond donors (Lipinski definition) is 1. The number of carbonyl (C=O) groups is 1. The molecule has 1 saturated heterocycles. The number of H-pyrrole nitrogens is 1. The summed E-state index contributed by atoms with van der Waals surface area (Å²) < 4.78 is 20.2. The number of benzene rings is 1. The van der Waals surface area contributed by atoms with Gasteiger partial charge in [0.1, 0.15) is 11.4 Å². The summed E-state index contributed by atoms with van der Waals surface area (Å²) in [5.74, 6) is -1.20. The third-order valence-electron chi connectivity index (χ3n) is 5.56. The van der Waals surface area contributed by atoms with E-state index in [0.29, 0.717) is 29.9 Å². The molecular formula is C20H23ClFN3O3. The number of ether oxygens (including phenoxy) is 1. The Bertz CT molecular complexity index is 994. The van der Waals surface area contributed by atoms with Crippen molar-refractivity contribution >= 4 is 34.2 Å². The standard InChI is InChI=1S/C20H23ClFN3O3/c1-3-28-19(27)13-11-23-16-12(18(13)26)10-14(22)17(15(16)20(21)4-5-20)25-8-6-24(2)7-9-25/h10-11H,3-9H2,1-2H3,(H,23,26). The van der Waals surface area contributed by atoms with Gasteiger partial charge in [0.25, 0.3) is 0 Å². The molecular weight excluding hydrogens is 385 g/mol. The zero-order valence-corrected chi connectivity index (χ0v) is 16.7. The molecule has 1 aliphatic heterocycles. The number of carbonyl (C=O) groups excluding carboxylic acids is 1. The van der Waals surface area contributed by atoms with Crippen LogP contribution in [0.2, 0.25) is 0 Å². The van der Waals surface area contributed by atoms with Crippen molar-refractivity contribution in [2.75, 3.05) is 44.7 Å². The lowest BCUT2D eigenvalue weighted by molar-refractivity contribution is 0.0524. The molecule has 0 spiro atoms. The molecule has 2 aromatic rings. The van der Waals surface area contributed by atoms with Gasteiger partial charge in [-0.1, -0.05) is 0 Å². The molecule has 1 aromatic carbocycles. The molecule has 2 aliphatic rings. The molecule has 0 bridgehead atoms. The van der Waals surface area contributed by atoms with Crippen molar-refractivity contribution in [1.82, 2.24) is 9.88 Å². The lowest BCUT2D eigenvalue weighted by atomic mass is 9.99. The number of pyridine rings is 1. The highest BCUT2D eigenvalue weighted by Gasteiger charge is 2.47. The van der Waals surface area contributed by atoms with E-state index < -0.39 is 22.1 Å². The highest BCUT2D eigenvalue weighted by molar-refractivity contribution is 6.27. The minimum atomic E-state index is -0.720. The molecule has 28 heavy (non-hydrogen) atoms. The van der Waals surface area contributed by atoms with Crippen molar-refractivity contribution in [1.29, 1.82) is 0 Å². The van der Waals surface area contributed by atoms with E-state index in [-0.39, 0.29) is 17.6 Å². The number of nitrogens with one attached hydrogen (secondary N) is 1. The normalized spacial score (nSPS) is 19.1. The van der Waals surface area contributed by atoms with Crippen LogP contribution in [0.3, 0.4) is 0 Å². The molecule has 1 saturated carbocycles. The zero-order chi connectivity index (χ0) is 20.1. The lowest BCUT2D eigenvalue weighted by Gasteiger charge is -2.36. The van der Waals surface area contributed by atoms with E-state index in [9.17, 15) is 9.59 Å². The van der Waals surface area contributed by atoms with Crippen LogP contribution in [0, 0.1) is 5.82 Å². The van der Waals surface area contributed by atoms with Crippen LogP contribution in [-0.2, 0) is 9.61 Å². The quantitative estimate of drug-likeness (QED) is 0.623. The summed E-state index contributed by atoms with van der Waals surface area (Å²) >= 11 is 6.76. The fourth-order valence-corrected chi connectivity index (χ4v) is 4.10. The third kappa shape index (κ3) is 3.16. The van der Waals surface area contributed by atoms with E-state index in [1.54, 1.807) is 6.92 Å². The minimum Gasteiger partial charge on any atom is -0.462 e. The second kappa shape index (κ2) is 7.04. The Kier molecular flexibility index (Phi) is 4.83. The second-order valence-electron chi connectivity index (χ2n) is 7.51. The number of alkyl halides is 1. The van der Waals surface area contributed by atoms with E-state index in [4.69, 9.17) is 16.3 Å². The summed E-state index contributed by atoms with van der Waals surface area (Å²) in [4.78, 5) is 31.5. The van der Waals surface area contributed by atoms with E-state index in [0.717, 1.165) is 25.9 Å². The predicted molar refractivity (Wildman–Crippen MR) is 107 cm³/mol. The van der Waals surface area contributed by atoms with E-state index in [2.05, 4.69) is 9.88 Å². The van der Waals surface area contributed by atoms with E-state index >= 15 is 4.39 Å². The summed E-state index contributed by atoms with van der Waals surface area (Å²) in [6, 6.07) is 1.22. The van der Waals surface area contributed by atoms with Crippen LogP contribution >= 0.6 is 11.6 Å². The maximum absolute atomic E-state index is 15.3. The van der Waals surface area contributed by atoms with Crippen molar-refractivity contribution in [2.24, 2.45) is 0 Å². The van der Waals surface area contributed by atoms with Gasteiger partial charge in [0, 0.05) is 43.3 Å². The number of fused-ring (bicyclic) bond motifs is 1. The first-order chi connectivity index (χ1) is 13.4. The Morgan fingerprint density at radius 2 is 2.00 bits per heavy atom. The first-order valence-corrected chi connectivity index (χ1v) is 9.91. The number of aromatic amines is 1. The summed E-state index contributed by atoms with van der Waals surface area (Å²) in [5, 5.41) is 0.128. The Labute approximate surface area is 167 Å². The summed E-state index contributed by atoms with van der Waals surface area (Å²) in [6.07, 6.45) is 2.78. The monoisotopic (exact) mass is 407 g/mol. The topological polar surface area (TPSA) is 65.6 Å². The molecule has 4 rings (SSSR count). The highest BCUT2D eigenvalue weighted by Crippen LogP contribution is 2.56. The van der Waals surface area contributed by atoms with Gasteiger partial charge in [-0.25, -0.2) is 9.18 Å². The van der Waals surface area contributed by atoms with Crippen molar-refractivity contribution in [2.45, 2.75) is 24.6 Å². The van der Waals surface area contributed by atoms with Crippen LogP contribution in [0.15, 0.2) is 17.1 Å². The molecule has 0 amide bonds. The first kappa shape index (κ1) is 19.2. The maximum atomic E-state index is 15.3. The Morgan fingerprint density at radius 3 is 2.61 bits per heavy atom. The molecule has 2 heterocycles. The molecule has 0 unspecified atom stereocenters. The lowest BCUT2D eigenvalue weighted by Crippen LogP contribution is -2.45. The van der Waals surface area contributed by atoms with Gasteiger partial charge in [0.2, 0.25) is 5.43 Å². The molecule has 1 aromatic heterocycles. The largest absolute Gasteiger partial charge is 0.462 e. The number of aromatic nitrogens is 1. The average Bonchev–Trinajstić information content (AvgIpc) is 3.41. The minimum absolute atomic E-state index is 0.128. The number of hydrogen-bond acceptors (Lipinski definition) is 5. The number of piperazine rings is 1. The smallest absolute Gasteiger partial charge is 0.343 e. The number of anilines is 1. The van der Waals surface area contributed by atoms with Gasteiger partial charge in [0.05, 0.1) is 22.7 Å². The number of rotatable bonds is 4. The van der Waals surface area contributed by atoms with Crippen LogP contribution in [0.5, 0.6) is 0 Å². The number of nitrogens with zero attached hydrogens (tertiary/aromatic N) is 2. The predicted octanol–water partition coefficient (Wildman–Crippen LogP) is 2.82. The van der Waals surface area contributed by atoms with Gasteiger partial charge in [-0.3, -0.25) is 4.79 Å². The van der Waals surface area contributed by atoms with Crippen molar-refractivity contribution in [3.05, 3.63) is 39.4 Å². The van der Waals surface area contributed by atoms with Gasteiger partial charge < -0.3 is 19.5 Å². The van der Waals surface area contributed by atoms with Gasteiger partial charge in [-0.15, -0.1) is 11.6 Å². The molecule has 6 nitrogen and oxygen atoms in total. The van der Waals surface area contributed by atoms with Crippen LogP contribution in [0.25, 0.3) is 10.9 Å². The van der Waals surface area contributed by atoms with Gasteiger partial charge >= 0.3 is 5.97 Å². The maximum Gasteiger partial charge on any atom is 0.343 e. The average molecular weight is 408 g/mol. The fourth-order valence-electron chi connectivity index (χ4n) is 3.82. The molecule has 150 valence electrons. The molecule has 0 atom stereocenters. The molecule has 2 fully saturated rings. The van der Waals surface area contributed by atoms with E-state index in [1.807, 2.05) is 11.9 Å². The van der Waals surface area contributed by atoms with E-state index in [1.165, 1.54) is 12.3 Å². The van der Waals surface area contributed by atoms with Crippen LogP contribution in [0.1, 0.15) is 35.7 Å². The van der Waals surface area contributed by atoms with Crippen molar-refractivity contribution in [3.8, 4) is 0 Å². The van der Waals surface area contributed by atoms with Crippen LogP contribution in [-0.4, -0.2) is 55.7 Å². The first-order valence-electron chi connectivity index (χ1n) is 9.53. The Hall–Kier alpha value is -2.12. The summed E-state index contributed by atoms with van der Waals surface area (Å²) in [7, 11) is 2.04. The molecule has 1 aliphatic carbocycles. The Balaban J connectivity index is 1.92. The SMILES string of the molecule is CCOC(=O)c1c[nH]c2c(C3(Cl)CC3)c(N3CCN(C)CC3)c(F)cc2c1=O. The van der Waals surface area contributed by atoms with Crippen molar-refractivity contribution < 1.29 is 13.9 Å². The molecule has 0 radical (unpaired) electrons. The fraction of sp³-hybridized carbons (Fsp3) is 0.500. The number of likely N-dealkylation sites (N-methyl/N-ethyl adjacent to an activating group) is 1. The van der Waals surface area contributed by atoms with Crippen molar-refractivity contribution in [3.63, 3.8) is 0 Å². The van der Waals surface area contributed by atoms with Crippen LogP contribution in [0.4, 0.5) is 10.1 Å². The summed E-state index contributed by atoms with van der Waals surface area (Å²) in [5.41, 5.74) is 0.916. The molecule has 8 heteroatoms. The third-order valence-corrected chi connectivity index (χ3v) is 6.12. The zero-order valence-electron chi connectivity index (χ0n) is 16.0. The van der Waals surface area contributed by atoms with Crippen LogP contribution < -0.4 is 10.3 Å². The number of esters is 1. The highest BCUT2D eigenvalue weighted by atomic mass is 35.5. The van der Waals surface area contributed by atoms with Gasteiger partial charge in [-0.05, 0) is 32.9 Å². The summed E-state index contributed by atoms with van der Waals surface area (Å²) in [6.45, 7) is 4.84.